The number of H-pyrrole nitrogens is 1. The van der Waals surface area contributed by atoms with Gasteiger partial charge in [0.05, 0.1) is 11.7 Å². The number of nitrogens with zero attached hydrogens (tertiary/aromatic N) is 2. The van der Waals surface area contributed by atoms with Gasteiger partial charge in [-0.05, 0) is 18.2 Å². The summed E-state index contributed by atoms with van der Waals surface area (Å²) >= 11 is 0. The maximum atomic E-state index is 12.0. The van der Waals surface area contributed by atoms with Crippen molar-refractivity contribution in [3.8, 4) is 0 Å². The molecule has 2 amide bonds. The Bertz CT molecular complexity index is 645. The molecular weight excluding hydrogens is 258 g/mol. The Balaban J connectivity index is 1.69. The number of amides is 2. The SMILES string of the molecule is O=C(Nc1ccc2cn[nH]c2c1)C(=O)N1CCNCC1. The molecule has 0 atom stereocenters. The van der Waals surface area contributed by atoms with E-state index in [1.165, 1.54) is 0 Å². The minimum absolute atomic E-state index is 0.490. The Morgan fingerprint density at radius 1 is 1.25 bits per heavy atom. The number of piperazine rings is 1. The number of aromatic amines is 1. The van der Waals surface area contributed by atoms with E-state index in [1.807, 2.05) is 6.07 Å². The normalized spacial score (nSPS) is 15.3. The largest absolute Gasteiger partial charge is 0.332 e. The van der Waals surface area contributed by atoms with Crippen LogP contribution in [-0.4, -0.2) is 53.1 Å². The quantitative estimate of drug-likeness (QED) is 0.635. The summed E-state index contributed by atoms with van der Waals surface area (Å²) in [5.41, 5.74) is 1.40. The molecule has 0 radical (unpaired) electrons. The van der Waals surface area contributed by atoms with E-state index < -0.39 is 11.8 Å². The third kappa shape index (κ3) is 2.48. The standard InChI is InChI=1S/C13H15N5O2/c19-12(13(20)18-5-3-14-4-6-18)16-10-2-1-9-8-15-17-11(9)7-10/h1-2,7-8,14H,3-6H2,(H,15,17)(H,16,19). The zero-order valence-corrected chi connectivity index (χ0v) is 10.8. The highest BCUT2D eigenvalue weighted by atomic mass is 16.2. The van der Waals surface area contributed by atoms with Crippen LogP contribution in [0, 0.1) is 0 Å². The molecule has 2 aromatic rings. The maximum Gasteiger partial charge on any atom is 0.313 e. The summed E-state index contributed by atoms with van der Waals surface area (Å²) in [4.78, 5) is 25.5. The van der Waals surface area contributed by atoms with Crippen LogP contribution in [0.5, 0.6) is 0 Å². The van der Waals surface area contributed by atoms with Gasteiger partial charge in [0.2, 0.25) is 0 Å². The smallest absolute Gasteiger partial charge is 0.313 e. The second-order valence-corrected chi connectivity index (χ2v) is 4.67. The molecule has 0 spiro atoms. The predicted octanol–water partition coefficient (Wildman–Crippen LogP) is -0.0668. The maximum absolute atomic E-state index is 12.0. The molecule has 1 saturated heterocycles. The minimum Gasteiger partial charge on any atom is -0.332 e. The van der Waals surface area contributed by atoms with Crippen molar-refractivity contribution in [2.45, 2.75) is 0 Å². The molecule has 7 nitrogen and oxygen atoms in total. The van der Waals surface area contributed by atoms with Gasteiger partial charge in [0, 0.05) is 37.3 Å². The van der Waals surface area contributed by atoms with Gasteiger partial charge >= 0.3 is 11.8 Å². The summed E-state index contributed by atoms with van der Waals surface area (Å²) in [5.74, 6) is -1.10. The van der Waals surface area contributed by atoms with Gasteiger partial charge in [0.15, 0.2) is 0 Å². The molecule has 0 aliphatic carbocycles. The lowest BCUT2D eigenvalue weighted by Gasteiger charge is -2.26. The zero-order chi connectivity index (χ0) is 13.9. The summed E-state index contributed by atoms with van der Waals surface area (Å²) in [5, 5.41) is 13.4. The first-order valence-electron chi connectivity index (χ1n) is 6.48. The molecule has 1 aromatic heterocycles. The van der Waals surface area contributed by atoms with Crippen molar-refractivity contribution >= 4 is 28.4 Å². The number of carbonyl (C=O) groups excluding carboxylic acids is 2. The van der Waals surface area contributed by atoms with Crippen molar-refractivity contribution in [1.82, 2.24) is 20.4 Å². The molecular formula is C13H15N5O2. The van der Waals surface area contributed by atoms with Crippen molar-refractivity contribution in [1.29, 1.82) is 0 Å². The van der Waals surface area contributed by atoms with Crippen LogP contribution in [0.3, 0.4) is 0 Å². The van der Waals surface area contributed by atoms with Crippen molar-refractivity contribution < 1.29 is 9.59 Å². The first kappa shape index (κ1) is 12.6. The lowest BCUT2D eigenvalue weighted by Crippen LogP contribution is -2.49. The summed E-state index contributed by atoms with van der Waals surface area (Å²) in [6.45, 7) is 2.57. The molecule has 0 saturated carbocycles. The van der Waals surface area contributed by atoms with E-state index in [4.69, 9.17) is 0 Å². The molecule has 0 bridgehead atoms. The lowest BCUT2D eigenvalue weighted by molar-refractivity contribution is -0.143. The topological polar surface area (TPSA) is 90.1 Å². The molecule has 1 aliphatic heterocycles. The molecule has 2 heterocycles. The monoisotopic (exact) mass is 273 g/mol. The summed E-state index contributed by atoms with van der Waals surface area (Å²) < 4.78 is 0. The second kappa shape index (κ2) is 5.30. The van der Waals surface area contributed by atoms with Crippen LogP contribution in [0.2, 0.25) is 0 Å². The van der Waals surface area contributed by atoms with Gasteiger partial charge in [-0.25, -0.2) is 0 Å². The van der Waals surface area contributed by atoms with E-state index in [9.17, 15) is 9.59 Å². The molecule has 7 heteroatoms. The molecule has 3 N–H and O–H groups in total. The van der Waals surface area contributed by atoms with E-state index in [-0.39, 0.29) is 0 Å². The molecule has 1 aliphatic rings. The van der Waals surface area contributed by atoms with Crippen LogP contribution in [0.4, 0.5) is 5.69 Å². The van der Waals surface area contributed by atoms with Crippen molar-refractivity contribution in [2.24, 2.45) is 0 Å². The van der Waals surface area contributed by atoms with Gasteiger partial charge in [-0.2, -0.15) is 5.10 Å². The average Bonchev–Trinajstić information content (AvgIpc) is 2.95. The van der Waals surface area contributed by atoms with Crippen molar-refractivity contribution in [3.05, 3.63) is 24.4 Å². The number of carbonyl (C=O) groups is 2. The van der Waals surface area contributed by atoms with E-state index in [1.54, 1.807) is 23.2 Å². The van der Waals surface area contributed by atoms with Gasteiger partial charge < -0.3 is 15.5 Å². The van der Waals surface area contributed by atoms with Gasteiger partial charge in [-0.3, -0.25) is 14.7 Å². The van der Waals surface area contributed by atoms with Gasteiger partial charge in [-0.1, -0.05) is 0 Å². The second-order valence-electron chi connectivity index (χ2n) is 4.67. The fourth-order valence-electron chi connectivity index (χ4n) is 2.21. The van der Waals surface area contributed by atoms with Crippen LogP contribution in [0.15, 0.2) is 24.4 Å². The van der Waals surface area contributed by atoms with Crippen LogP contribution in [0.1, 0.15) is 0 Å². The number of rotatable bonds is 1. The molecule has 104 valence electrons. The summed E-state index contributed by atoms with van der Waals surface area (Å²) in [7, 11) is 0. The van der Waals surface area contributed by atoms with E-state index in [0.29, 0.717) is 18.8 Å². The highest BCUT2D eigenvalue weighted by Gasteiger charge is 2.23. The molecule has 0 unspecified atom stereocenters. The average molecular weight is 273 g/mol. The number of anilines is 1. The Morgan fingerprint density at radius 2 is 2.05 bits per heavy atom. The molecule has 1 fully saturated rings. The fraction of sp³-hybridized carbons (Fsp3) is 0.308. The number of fused-ring (bicyclic) bond motifs is 1. The van der Waals surface area contributed by atoms with Gasteiger partial charge in [-0.15, -0.1) is 0 Å². The van der Waals surface area contributed by atoms with Crippen LogP contribution < -0.4 is 10.6 Å². The molecule has 20 heavy (non-hydrogen) atoms. The highest BCUT2D eigenvalue weighted by molar-refractivity contribution is 6.39. The third-order valence-electron chi connectivity index (χ3n) is 3.30. The van der Waals surface area contributed by atoms with Crippen molar-refractivity contribution in [3.63, 3.8) is 0 Å². The Hall–Kier alpha value is -2.41. The fourth-order valence-corrected chi connectivity index (χ4v) is 2.21. The predicted molar refractivity (Wildman–Crippen MR) is 74.2 cm³/mol. The van der Waals surface area contributed by atoms with E-state index in [2.05, 4.69) is 20.8 Å². The number of hydrogen-bond acceptors (Lipinski definition) is 4. The minimum atomic E-state index is -0.606. The Kier molecular flexibility index (Phi) is 3.34. The number of benzene rings is 1. The Morgan fingerprint density at radius 3 is 2.85 bits per heavy atom. The first-order valence-corrected chi connectivity index (χ1v) is 6.48. The van der Waals surface area contributed by atoms with E-state index in [0.717, 1.165) is 24.0 Å². The summed E-state index contributed by atoms with van der Waals surface area (Å²) in [6.07, 6.45) is 1.70. The van der Waals surface area contributed by atoms with Crippen LogP contribution in [0.25, 0.3) is 10.9 Å². The zero-order valence-electron chi connectivity index (χ0n) is 10.8. The van der Waals surface area contributed by atoms with Crippen LogP contribution >= 0.6 is 0 Å². The number of hydrogen-bond donors (Lipinski definition) is 3. The van der Waals surface area contributed by atoms with E-state index >= 15 is 0 Å². The van der Waals surface area contributed by atoms with Crippen molar-refractivity contribution in [2.75, 3.05) is 31.5 Å². The van der Waals surface area contributed by atoms with Gasteiger partial charge in [0.1, 0.15) is 0 Å². The number of nitrogens with one attached hydrogen (secondary N) is 3. The molecule has 3 rings (SSSR count). The lowest BCUT2D eigenvalue weighted by atomic mass is 10.2. The third-order valence-corrected chi connectivity index (χ3v) is 3.30. The highest BCUT2D eigenvalue weighted by Crippen LogP contribution is 2.16. The number of aromatic nitrogens is 2. The summed E-state index contributed by atoms with van der Waals surface area (Å²) in [6, 6.07) is 5.34. The molecule has 1 aromatic carbocycles. The first-order chi connectivity index (χ1) is 9.74. The van der Waals surface area contributed by atoms with Gasteiger partial charge in [0.25, 0.3) is 0 Å². The Labute approximate surface area is 115 Å². The van der Waals surface area contributed by atoms with Crippen LogP contribution in [-0.2, 0) is 9.59 Å².